The van der Waals surface area contributed by atoms with E-state index in [-0.39, 0.29) is 6.54 Å². The number of carbonyl (C=O) groups is 1. The lowest BCUT2D eigenvalue weighted by Crippen LogP contribution is -2.28. The van der Waals surface area contributed by atoms with Crippen LogP contribution in [0.3, 0.4) is 0 Å². The largest absolute Gasteiger partial charge is 0.325 e. The van der Waals surface area contributed by atoms with E-state index < -0.39 is 6.03 Å². The summed E-state index contributed by atoms with van der Waals surface area (Å²) in [5, 5.41) is 13.9. The number of amides is 2. The number of carbonyl (C=O) groups excluding carboxylic acids is 1. The Morgan fingerprint density at radius 1 is 1.47 bits per heavy atom. The number of benzene rings is 1. The summed E-state index contributed by atoms with van der Waals surface area (Å²) in [6, 6.07) is 5.99. The molecular weight excluding hydrogens is 237 g/mol. The maximum absolute atomic E-state index is 11.2. The van der Waals surface area contributed by atoms with Crippen molar-refractivity contribution in [1.29, 1.82) is 5.26 Å². The maximum Gasteiger partial charge on any atom is 0.320 e. The second kappa shape index (κ2) is 5.44. The molecule has 2 N–H and O–H groups in total. The zero-order valence-corrected chi connectivity index (χ0v) is 9.06. The third-order valence-electron chi connectivity index (χ3n) is 1.50. The zero-order chi connectivity index (χ0) is 11.3. The molecular formula is C9H7Cl2N3O. The first-order valence-electron chi connectivity index (χ1n) is 4.00. The van der Waals surface area contributed by atoms with E-state index in [9.17, 15) is 4.79 Å². The van der Waals surface area contributed by atoms with Crippen LogP contribution in [0.2, 0.25) is 10.0 Å². The monoisotopic (exact) mass is 243 g/mol. The van der Waals surface area contributed by atoms with Gasteiger partial charge in [0.05, 0.1) is 16.8 Å². The van der Waals surface area contributed by atoms with Crippen LogP contribution in [0.5, 0.6) is 0 Å². The molecule has 15 heavy (non-hydrogen) atoms. The molecule has 0 saturated heterocycles. The van der Waals surface area contributed by atoms with Crippen molar-refractivity contribution >= 4 is 34.9 Å². The summed E-state index contributed by atoms with van der Waals surface area (Å²) in [6.45, 7) is -0.0655. The first-order valence-corrected chi connectivity index (χ1v) is 4.76. The van der Waals surface area contributed by atoms with Crippen molar-refractivity contribution in [2.45, 2.75) is 0 Å². The van der Waals surface area contributed by atoms with E-state index in [2.05, 4.69) is 10.6 Å². The summed E-state index contributed by atoms with van der Waals surface area (Å²) >= 11 is 11.5. The van der Waals surface area contributed by atoms with Crippen LogP contribution in [0.4, 0.5) is 10.5 Å². The molecule has 1 aromatic rings. The molecule has 0 saturated carbocycles. The highest BCUT2D eigenvalue weighted by Crippen LogP contribution is 2.25. The highest BCUT2D eigenvalue weighted by atomic mass is 35.5. The van der Waals surface area contributed by atoms with E-state index in [0.29, 0.717) is 15.7 Å². The Hall–Kier alpha value is -1.44. The van der Waals surface area contributed by atoms with E-state index in [1.54, 1.807) is 18.2 Å². The Bertz CT molecular complexity index is 414. The molecule has 1 aromatic carbocycles. The van der Waals surface area contributed by atoms with Gasteiger partial charge < -0.3 is 10.6 Å². The topological polar surface area (TPSA) is 64.9 Å². The van der Waals surface area contributed by atoms with Gasteiger partial charge in [0.25, 0.3) is 0 Å². The van der Waals surface area contributed by atoms with Gasteiger partial charge in [-0.15, -0.1) is 0 Å². The van der Waals surface area contributed by atoms with Crippen molar-refractivity contribution in [3.8, 4) is 6.07 Å². The van der Waals surface area contributed by atoms with Crippen molar-refractivity contribution in [1.82, 2.24) is 5.32 Å². The van der Waals surface area contributed by atoms with Crippen molar-refractivity contribution in [3.63, 3.8) is 0 Å². The number of halogens is 2. The van der Waals surface area contributed by atoms with Gasteiger partial charge in [0.1, 0.15) is 6.54 Å². The molecule has 4 nitrogen and oxygen atoms in total. The van der Waals surface area contributed by atoms with E-state index >= 15 is 0 Å². The fourth-order valence-corrected chi connectivity index (χ4v) is 1.22. The number of hydrogen-bond acceptors (Lipinski definition) is 2. The predicted molar refractivity (Wildman–Crippen MR) is 59.1 cm³/mol. The number of nitrogens with zero attached hydrogens (tertiary/aromatic N) is 1. The highest BCUT2D eigenvalue weighted by molar-refractivity contribution is 6.35. The molecule has 0 unspecified atom stereocenters. The Labute approximate surface area is 96.8 Å². The van der Waals surface area contributed by atoms with Gasteiger partial charge in [-0.3, -0.25) is 0 Å². The normalized spacial score (nSPS) is 9.13. The minimum absolute atomic E-state index is 0.0655. The Balaban J connectivity index is 2.68. The van der Waals surface area contributed by atoms with Crippen molar-refractivity contribution in [3.05, 3.63) is 28.2 Å². The highest BCUT2D eigenvalue weighted by Gasteiger charge is 2.05. The minimum atomic E-state index is -0.499. The van der Waals surface area contributed by atoms with Crippen LogP contribution in [-0.4, -0.2) is 12.6 Å². The number of urea groups is 1. The predicted octanol–water partition coefficient (Wildman–Crippen LogP) is 2.64. The SMILES string of the molecule is N#CCNC(=O)Nc1cc(Cl)ccc1Cl. The van der Waals surface area contributed by atoms with E-state index in [1.165, 1.54) is 6.07 Å². The van der Waals surface area contributed by atoms with Crippen LogP contribution in [-0.2, 0) is 0 Å². The number of nitrogens with one attached hydrogen (secondary N) is 2. The molecule has 0 atom stereocenters. The summed E-state index contributed by atoms with van der Waals surface area (Å²) < 4.78 is 0. The van der Waals surface area contributed by atoms with Gasteiger partial charge in [-0.05, 0) is 18.2 Å². The molecule has 0 radical (unpaired) electrons. The molecule has 2 amide bonds. The fourth-order valence-electron chi connectivity index (χ4n) is 0.880. The van der Waals surface area contributed by atoms with Crippen LogP contribution in [0.25, 0.3) is 0 Å². The standard InChI is InChI=1S/C9H7Cl2N3O/c10-6-1-2-7(11)8(5-6)14-9(15)13-4-3-12/h1-2,5H,4H2,(H2,13,14,15). The Kier molecular flexibility index (Phi) is 4.22. The average molecular weight is 244 g/mol. The second-order valence-electron chi connectivity index (χ2n) is 2.59. The molecule has 1 rings (SSSR count). The summed E-state index contributed by atoms with van der Waals surface area (Å²) in [5.74, 6) is 0. The lowest BCUT2D eigenvalue weighted by Gasteiger charge is -2.07. The van der Waals surface area contributed by atoms with Gasteiger partial charge in [0.2, 0.25) is 0 Å². The maximum atomic E-state index is 11.2. The lowest BCUT2D eigenvalue weighted by atomic mass is 10.3. The molecule has 0 aliphatic carbocycles. The first-order chi connectivity index (χ1) is 7.13. The fraction of sp³-hybridized carbons (Fsp3) is 0.111. The third-order valence-corrected chi connectivity index (χ3v) is 2.07. The zero-order valence-electron chi connectivity index (χ0n) is 7.55. The molecule has 0 fully saturated rings. The summed E-state index contributed by atoms with van der Waals surface area (Å²) in [4.78, 5) is 11.2. The van der Waals surface area contributed by atoms with Crippen LogP contribution in [0.15, 0.2) is 18.2 Å². The van der Waals surface area contributed by atoms with Crippen LogP contribution >= 0.6 is 23.2 Å². The number of hydrogen-bond donors (Lipinski definition) is 2. The molecule has 0 aromatic heterocycles. The second-order valence-corrected chi connectivity index (χ2v) is 3.43. The van der Waals surface area contributed by atoms with Gasteiger partial charge in [0.15, 0.2) is 0 Å². The molecule has 78 valence electrons. The minimum Gasteiger partial charge on any atom is -0.325 e. The van der Waals surface area contributed by atoms with Crippen molar-refractivity contribution in [2.24, 2.45) is 0 Å². The lowest BCUT2D eigenvalue weighted by molar-refractivity contribution is 0.253. The average Bonchev–Trinajstić information content (AvgIpc) is 2.20. The van der Waals surface area contributed by atoms with E-state index in [1.807, 2.05) is 0 Å². The van der Waals surface area contributed by atoms with Gasteiger partial charge in [-0.25, -0.2) is 4.79 Å². The van der Waals surface area contributed by atoms with Crippen LogP contribution in [0.1, 0.15) is 0 Å². The van der Waals surface area contributed by atoms with Crippen LogP contribution in [0, 0.1) is 11.3 Å². The van der Waals surface area contributed by atoms with Crippen LogP contribution < -0.4 is 10.6 Å². The first kappa shape index (κ1) is 11.6. The van der Waals surface area contributed by atoms with Crippen molar-refractivity contribution in [2.75, 3.05) is 11.9 Å². The Morgan fingerprint density at radius 3 is 2.87 bits per heavy atom. The summed E-state index contributed by atoms with van der Waals surface area (Å²) in [5.41, 5.74) is 0.402. The molecule has 6 heteroatoms. The molecule has 0 heterocycles. The molecule has 0 aliphatic rings. The summed E-state index contributed by atoms with van der Waals surface area (Å²) in [6.07, 6.45) is 0. The Morgan fingerprint density at radius 2 is 2.20 bits per heavy atom. The number of anilines is 1. The van der Waals surface area contributed by atoms with Crippen molar-refractivity contribution < 1.29 is 4.79 Å². The molecule has 0 bridgehead atoms. The quantitative estimate of drug-likeness (QED) is 0.785. The molecule has 0 spiro atoms. The van der Waals surface area contributed by atoms with Gasteiger partial charge in [0, 0.05) is 5.02 Å². The van der Waals surface area contributed by atoms with Gasteiger partial charge in [-0.1, -0.05) is 23.2 Å². The van der Waals surface area contributed by atoms with E-state index in [4.69, 9.17) is 28.5 Å². The smallest absolute Gasteiger partial charge is 0.320 e. The number of nitriles is 1. The van der Waals surface area contributed by atoms with Gasteiger partial charge in [-0.2, -0.15) is 5.26 Å². The number of rotatable bonds is 2. The van der Waals surface area contributed by atoms with E-state index in [0.717, 1.165) is 0 Å². The third kappa shape index (κ3) is 3.66. The molecule has 0 aliphatic heterocycles. The summed E-state index contributed by atoms with van der Waals surface area (Å²) in [7, 11) is 0. The van der Waals surface area contributed by atoms with Gasteiger partial charge >= 0.3 is 6.03 Å².